The van der Waals surface area contributed by atoms with Crippen molar-refractivity contribution in [2.75, 3.05) is 26.5 Å². The molecule has 0 saturated carbocycles. The van der Waals surface area contributed by atoms with Crippen molar-refractivity contribution < 1.29 is 14.3 Å². The number of amides is 1. The van der Waals surface area contributed by atoms with Gasteiger partial charge in [0.05, 0.1) is 14.2 Å². The van der Waals surface area contributed by atoms with Crippen LogP contribution in [0.5, 0.6) is 11.5 Å². The fraction of sp³-hybridized carbons (Fsp3) is 0.250. The van der Waals surface area contributed by atoms with Crippen LogP contribution in [0.1, 0.15) is 5.56 Å². The number of rotatable bonds is 5. The van der Waals surface area contributed by atoms with Gasteiger partial charge in [0.25, 0.3) is 5.91 Å². The van der Waals surface area contributed by atoms with Crippen molar-refractivity contribution in [1.82, 2.24) is 4.90 Å². The highest BCUT2D eigenvalue weighted by molar-refractivity contribution is 8.23. The maximum atomic E-state index is 11.9. The van der Waals surface area contributed by atoms with Crippen LogP contribution < -0.4 is 9.47 Å². The molecular weight excluding hydrogens is 318 g/mol. The number of hydrogen-bond acceptors (Lipinski definition) is 5. The Bertz CT molecular complexity index is 626. The van der Waals surface area contributed by atoms with Gasteiger partial charge in [0.15, 0.2) is 11.5 Å². The average Bonchev–Trinajstić information content (AvgIpc) is 2.97. The van der Waals surface area contributed by atoms with Gasteiger partial charge >= 0.3 is 0 Å². The first-order valence-corrected chi connectivity index (χ1v) is 8.10. The van der Waals surface area contributed by atoms with Crippen LogP contribution in [0.2, 0.25) is 0 Å². The molecule has 0 bridgehead atoms. The molecule has 116 valence electrons. The van der Waals surface area contributed by atoms with Gasteiger partial charge in [-0.05, 0) is 17.7 Å². The maximum absolute atomic E-state index is 11.9. The quantitative estimate of drug-likeness (QED) is 0.470. The van der Waals surface area contributed by atoms with Crippen LogP contribution in [-0.2, 0) is 4.79 Å². The first kappa shape index (κ1) is 16.6. The molecule has 1 aromatic carbocycles. The zero-order chi connectivity index (χ0) is 15.9. The van der Waals surface area contributed by atoms with Crippen molar-refractivity contribution in [2.24, 2.45) is 0 Å². The van der Waals surface area contributed by atoms with E-state index in [1.54, 1.807) is 25.2 Å². The van der Waals surface area contributed by atoms with Crippen LogP contribution in [0.25, 0.3) is 6.08 Å². The summed E-state index contributed by atoms with van der Waals surface area (Å²) < 4.78 is 11.1. The van der Waals surface area contributed by atoms with Crippen LogP contribution in [0.4, 0.5) is 0 Å². The van der Waals surface area contributed by atoms with Gasteiger partial charge in [-0.1, -0.05) is 48.3 Å². The number of hydrogen-bond donors (Lipinski definition) is 0. The highest BCUT2D eigenvalue weighted by Gasteiger charge is 2.21. The number of allylic oxidation sites excluding steroid dienone is 2. The molecule has 0 spiro atoms. The molecule has 1 saturated heterocycles. The number of thioether (sulfide) groups is 1. The van der Waals surface area contributed by atoms with Crippen molar-refractivity contribution in [2.45, 2.75) is 0 Å². The van der Waals surface area contributed by atoms with Crippen molar-refractivity contribution in [3.05, 3.63) is 42.0 Å². The van der Waals surface area contributed by atoms with Gasteiger partial charge in [-0.3, -0.25) is 9.69 Å². The Balaban J connectivity index is 1.98. The van der Waals surface area contributed by atoms with E-state index in [2.05, 4.69) is 0 Å². The predicted octanol–water partition coefficient (Wildman–Crippen LogP) is 3.13. The van der Waals surface area contributed by atoms with E-state index in [-0.39, 0.29) is 5.91 Å². The van der Waals surface area contributed by atoms with E-state index in [0.29, 0.717) is 22.4 Å². The lowest BCUT2D eigenvalue weighted by molar-refractivity contribution is -0.121. The molecule has 0 radical (unpaired) electrons. The Morgan fingerprint density at radius 1 is 1.27 bits per heavy atom. The Morgan fingerprint density at radius 2 is 2.05 bits per heavy atom. The summed E-state index contributed by atoms with van der Waals surface area (Å²) in [6.07, 6.45) is 6.94. The third kappa shape index (κ3) is 4.11. The molecule has 0 atom stereocenters. The molecule has 0 aliphatic carbocycles. The molecule has 2 rings (SSSR count). The SMILES string of the molecule is COc1ccc(C=CC=CC(=O)N2CCSC2=S)cc1OC. The molecule has 1 amide bonds. The van der Waals surface area contributed by atoms with Crippen LogP contribution in [0.3, 0.4) is 0 Å². The molecular formula is C16H17NO3S2. The monoisotopic (exact) mass is 335 g/mol. The van der Waals surface area contributed by atoms with Crippen LogP contribution >= 0.6 is 24.0 Å². The van der Waals surface area contributed by atoms with Gasteiger partial charge in [-0.25, -0.2) is 0 Å². The lowest BCUT2D eigenvalue weighted by atomic mass is 10.2. The van der Waals surface area contributed by atoms with Crippen molar-refractivity contribution in [3.63, 3.8) is 0 Å². The van der Waals surface area contributed by atoms with Gasteiger partial charge in [0.1, 0.15) is 4.32 Å². The molecule has 6 heteroatoms. The summed E-state index contributed by atoms with van der Waals surface area (Å²) in [7, 11) is 3.20. The number of benzene rings is 1. The van der Waals surface area contributed by atoms with E-state index in [1.807, 2.05) is 30.4 Å². The second-order valence-electron chi connectivity index (χ2n) is 4.44. The number of thiocarbonyl (C=S) groups is 1. The van der Waals surface area contributed by atoms with Crippen molar-refractivity contribution in [3.8, 4) is 11.5 Å². The number of carbonyl (C=O) groups excluding carboxylic acids is 1. The molecule has 22 heavy (non-hydrogen) atoms. The zero-order valence-corrected chi connectivity index (χ0v) is 14.1. The van der Waals surface area contributed by atoms with E-state index < -0.39 is 0 Å². The number of methoxy groups -OCH3 is 2. The second kappa shape index (κ2) is 8.00. The standard InChI is InChI=1S/C16H17NO3S2/c1-19-13-8-7-12(11-14(13)20-2)5-3-4-6-15(18)17-9-10-22-16(17)21/h3-8,11H,9-10H2,1-2H3. The fourth-order valence-electron chi connectivity index (χ4n) is 1.94. The minimum atomic E-state index is -0.0769. The van der Waals surface area contributed by atoms with Gasteiger partial charge < -0.3 is 9.47 Å². The number of nitrogens with zero attached hydrogens (tertiary/aromatic N) is 1. The second-order valence-corrected chi connectivity index (χ2v) is 6.17. The van der Waals surface area contributed by atoms with E-state index in [4.69, 9.17) is 21.7 Å². The normalized spacial score (nSPS) is 15.0. The Hall–Kier alpha value is -1.79. The summed E-state index contributed by atoms with van der Waals surface area (Å²) in [5.74, 6) is 2.15. The van der Waals surface area contributed by atoms with Crippen LogP contribution in [0.15, 0.2) is 36.4 Å². The fourth-order valence-corrected chi connectivity index (χ4v) is 3.16. The predicted molar refractivity (Wildman–Crippen MR) is 94.5 cm³/mol. The molecule has 0 N–H and O–H groups in total. The van der Waals surface area contributed by atoms with Gasteiger partial charge in [0.2, 0.25) is 0 Å². The molecule has 4 nitrogen and oxygen atoms in total. The summed E-state index contributed by atoms with van der Waals surface area (Å²) in [6.45, 7) is 0.687. The Labute approximate surface area is 139 Å². The minimum absolute atomic E-state index is 0.0769. The smallest absolute Gasteiger partial charge is 0.252 e. The number of carbonyl (C=O) groups is 1. The zero-order valence-electron chi connectivity index (χ0n) is 12.4. The molecule has 0 unspecified atom stereocenters. The van der Waals surface area contributed by atoms with Crippen molar-refractivity contribution >= 4 is 40.3 Å². The molecule has 1 aliphatic heterocycles. The lowest BCUT2D eigenvalue weighted by Crippen LogP contribution is -2.28. The minimum Gasteiger partial charge on any atom is -0.493 e. The summed E-state index contributed by atoms with van der Waals surface area (Å²) in [5, 5.41) is 0. The molecule has 1 heterocycles. The largest absolute Gasteiger partial charge is 0.493 e. The molecule has 0 aromatic heterocycles. The summed E-state index contributed by atoms with van der Waals surface area (Å²) in [4.78, 5) is 13.5. The third-order valence-corrected chi connectivity index (χ3v) is 4.50. The summed E-state index contributed by atoms with van der Waals surface area (Å²) in [5.41, 5.74) is 0.960. The highest BCUT2D eigenvalue weighted by atomic mass is 32.2. The van der Waals surface area contributed by atoms with E-state index >= 15 is 0 Å². The highest BCUT2D eigenvalue weighted by Crippen LogP contribution is 2.27. The molecule has 1 aliphatic rings. The first-order chi connectivity index (χ1) is 10.7. The molecule has 1 fully saturated rings. The maximum Gasteiger partial charge on any atom is 0.252 e. The van der Waals surface area contributed by atoms with Gasteiger partial charge in [-0.15, -0.1) is 0 Å². The van der Waals surface area contributed by atoms with E-state index in [1.165, 1.54) is 17.8 Å². The third-order valence-electron chi connectivity index (χ3n) is 3.07. The van der Waals surface area contributed by atoms with Gasteiger partial charge in [0, 0.05) is 18.4 Å². The number of ether oxygens (including phenoxy) is 2. The van der Waals surface area contributed by atoms with E-state index in [9.17, 15) is 4.79 Å². The topological polar surface area (TPSA) is 38.8 Å². The summed E-state index contributed by atoms with van der Waals surface area (Å²) >= 11 is 6.65. The van der Waals surface area contributed by atoms with Crippen LogP contribution in [0, 0.1) is 0 Å². The van der Waals surface area contributed by atoms with E-state index in [0.717, 1.165) is 11.3 Å². The summed E-state index contributed by atoms with van der Waals surface area (Å²) in [6, 6.07) is 5.63. The van der Waals surface area contributed by atoms with Crippen molar-refractivity contribution in [1.29, 1.82) is 0 Å². The van der Waals surface area contributed by atoms with Gasteiger partial charge in [-0.2, -0.15) is 0 Å². The lowest BCUT2D eigenvalue weighted by Gasteiger charge is -2.10. The average molecular weight is 335 g/mol. The Morgan fingerprint density at radius 3 is 2.68 bits per heavy atom. The van der Waals surface area contributed by atoms with Crippen LogP contribution in [-0.4, -0.2) is 41.6 Å². The Kier molecular flexibility index (Phi) is 6.03. The first-order valence-electron chi connectivity index (χ1n) is 6.70. The molecule has 1 aromatic rings.